The third-order valence-corrected chi connectivity index (χ3v) is 10.4. The number of nitrogens with zero attached hydrogens (tertiary/aromatic N) is 3. The van der Waals surface area contributed by atoms with E-state index in [2.05, 4.69) is 156 Å². The minimum Gasteiger partial charge on any atom is -0.278 e. The maximum atomic E-state index is 5.42. The zero-order valence-electron chi connectivity index (χ0n) is 24.7. The van der Waals surface area contributed by atoms with Gasteiger partial charge in [0.15, 0.2) is 0 Å². The van der Waals surface area contributed by atoms with E-state index in [1.54, 1.807) is 11.3 Å². The first kappa shape index (κ1) is 25.5. The molecule has 0 unspecified atom stereocenters. The molecule has 3 heterocycles. The highest BCUT2D eigenvalue weighted by Crippen LogP contribution is 2.43. The summed E-state index contributed by atoms with van der Waals surface area (Å²) in [4.78, 5) is 10.8. The number of thiophene rings is 1. The molecule has 0 aliphatic carbocycles. The second kappa shape index (κ2) is 9.83. The van der Waals surface area contributed by atoms with E-state index in [0.717, 1.165) is 37.9 Å². The zero-order chi connectivity index (χ0) is 30.2. The van der Waals surface area contributed by atoms with Gasteiger partial charge in [0.25, 0.3) is 0 Å². The molecule has 0 fully saturated rings. The van der Waals surface area contributed by atoms with E-state index >= 15 is 0 Å². The summed E-state index contributed by atoms with van der Waals surface area (Å²) in [5.74, 6) is 0.684. The van der Waals surface area contributed by atoms with Crippen LogP contribution in [0.25, 0.3) is 92.0 Å². The summed E-state index contributed by atoms with van der Waals surface area (Å²) in [5, 5.41) is 8.53. The van der Waals surface area contributed by atoms with Gasteiger partial charge in [-0.05, 0) is 50.9 Å². The van der Waals surface area contributed by atoms with Gasteiger partial charge in [-0.1, -0.05) is 133 Å². The molecule has 0 saturated heterocycles. The van der Waals surface area contributed by atoms with Gasteiger partial charge >= 0.3 is 0 Å². The van der Waals surface area contributed by atoms with E-state index in [0.29, 0.717) is 5.95 Å². The molecule has 4 heteroatoms. The Labute approximate surface area is 268 Å². The Morgan fingerprint density at radius 1 is 0.457 bits per heavy atom. The maximum absolute atomic E-state index is 5.42. The van der Waals surface area contributed by atoms with Crippen molar-refractivity contribution in [2.75, 3.05) is 0 Å². The summed E-state index contributed by atoms with van der Waals surface area (Å²) in [7, 11) is 0. The summed E-state index contributed by atoms with van der Waals surface area (Å²) >= 11 is 1.77. The van der Waals surface area contributed by atoms with E-state index in [1.807, 2.05) is 0 Å². The molecule has 0 radical (unpaired) electrons. The average molecular weight is 604 g/mol. The Morgan fingerprint density at radius 3 is 1.70 bits per heavy atom. The molecular formula is C42H25N3S. The minimum atomic E-state index is 0.684. The molecule has 214 valence electrons. The highest BCUT2D eigenvalue weighted by atomic mass is 32.1. The van der Waals surface area contributed by atoms with Crippen molar-refractivity contribution in [3.05, 3.63) is 152 Å². The predicted octanol–water partition coefficient (Wildman–Crippen LogP) is 11.6. The van der Waals surface area contributed by atoms with Crippen molar-refractivity contribution >= 4 is 75.0 Å². The third kappa shape index (κ3) is 3.71. The van der Waals surface area contributed by atoms with Gasteiger partial charge in [-0.25, -0.2) is 9.97 Å². The normalized spacial score (nSPS) is 11.9. The van der Waals surface area contributed by atoms with Gasteiger partial charge in [-0.2, -0.15) is 0 Å². The summed E-state index contributed by atoms with van der Waals surface area (Å²) in [5.41, 5.74) is 7.66. The van der Waals surface area contributed by atoms with Crippen LogP contribution < -0.4 is 0 Å². The van der Waals surface area contributed by atoms with E-state index in [-0.39, 0.29) is 0 Å². The molecule has 0 bridgehead atoms. The van der Waals surface area contributed by atoms with Crippen LogP contribution in [-0.4, -0.2) is 14.5 Å². The van der Waals surface area contributed by atoms with Crippen LogP contribution in [0.2, 0.25) is 0 Å². The van der Waals surface area contributed by atoms with Crippen molar-refractivity contribution in [1.29, 1.82) is 0 Å². The van der Waals surface area contributed by atoms with Crippen molar-refractivity contribution in [1.82, 2.24) is 14.5 Å². The quantitative estimate of drug-likeness (QED) is 0.201. The molecule has 0 spiro atoms. The lowest BCUT2D eigenvalue weighted by atomic mass is 10.00. The maximum Gasteiger partial charge on any atom is 0.235 e. The van der Waals surface area contributed by atoms with Crippen LogP contribution in [0.3, 0.4) is 0 Å². The first-order chi connectivity index (χ1) is 22.8. The Kier molecular flexibility index (Phi) is 5.45. The fraction of sp³-hybridized carbons (Fsp3) is 0. The van der Waals surface area contributed by atoms with Crippen LogP contribution >= 0.6 is 11.3 Å². The van der Waals surface area contributed by atoms with Crippen molar-refractivity contribution < 1.29 is 0 Å². The molecule has 46 heavy (non-hydrogen) atoms. The number of benzene rings is 7. The SMILES string of the molecule is c1ccc(-c2ccc3c(c2)sc2c(-c4ccccc4)nc(-n4c5ccc6ccccc6c5c5c6ccccc6ccc54)nc23)cc1. The molecule has 0 amide bonds. The molecule has 0 aliphatic rings. The topological polar surface area (TPSA) is 30.7 Å². The summed E-state index contributed by atoms with van der Waals surface area (Å²) in [6.07, 6.45) is 0. The highest BCUT2D eigenvalue weighted by molar-refractivity contribution is 7.26. The van der Waals surface area contributed by atoms with Gasteiger partial charge in [0.1, 0.15) is 0 Å². The van der Waals surface area contributed by atoms with Crippen LogP contribution in [0.4, 0.5) is 0 Å². The molecule has 0 N–H and O–H groups in total. The van der Waals surface area contributed by atoms with Crippen molar-refractivity contribution in [2.45, 2.75) is 0 Å². The lowest BCUT2D eigenvalue weighted by molar-refractivity contribution is 1.02. The van der Waals surface area contributed by atoms with E-state index < -0.39 is 0 Å². The monoisotopic (exact) mass is 603 g/mol. The first-order valence-corrected chi connectivity index (χ1v) is 16.3. The van der Waals surface area contributed by atoms with Gasteiger partial charge in [-0.15, -0.1) is 11.3 Å². The Bertz CT molecular complexity index is 2700. The molecule has 10 aromatic rings. The molecular weight excluding hydrogens is 579 g/mol. The van der Waals surface area contributed by atoms with Crippen molar-refractivity contribution in [3.8, 4) is 28.3 Å². The van der Waals surface area contributed by atoms with Gasteiger partial charge < -0.3 is 0 Å². The average Bonchev–Trinajstić information content (AvgIpc) is 3.67. The van der Waals surface area contributed by atoms with Gasteiger partial charge in [0.2, 0.25) is 5.95 Å². The Hall–Kier alpha value is -5.84. The van der Waals surface area contributed by atoms with Crippen LogP contribution in [0.5, 0.6) is 0 Å². The zero-order valence-corrected chi connectivity index (χ0v) is 25.5. The van der Waals surface area contributed by atoms with Crippen LogP contribution in [-0.2, 0) is 0 Å². The first-order valence-electron chi connectivity index (χ1n) is 15.5. The largest absolute Gasteiger partial charge is 0.278 e. The fourth-order valence-electron chi connectivity index (χ4n) is 7.10. The van der Waals surface area contributed by atoms with Crippen molar-refractivity contribution in [2.24, 2.45) is 0 Å². The van der Waals surface area contributed by atoms with Crippen LogP contribution in [0, 0.1) is 0 Å². The Balaban J connectivity index is 1.34. The van der Waals surface area contributed by atoms with Gasteiger partial charge in [-0.3, -0.25) is 4.57 Å². The number of hydrogen-bond acceptors (Lipinski definition) is 3. The number of aromatic nitrogens is 3. The molecule has 7 aromatic carbocycles. The van der Waals surface area contributed by atoms with E-state index in [1.165, 1.54) is 48.1 Å². The predicted molar refractivity (Wildman–Crippen MR) is 195 cm³/mol. The third-order valence-electron chi connectivity index (χ3n) is 9.20. The standard InChI is InChI=1S/C42H25N3S/c1-3-11-26(12-4-1)30-19-22-33-36(25-30)46-41-39(29-15-5-2-6-16-29)43-42(44-40(33)41)45-34-23-20-27-13-7-9-17-31(27)37(34)38-32-18-10-8-14-28(32)21-24-35(38)45/h1-25H. The molecule has 0 aliphatic heterocycles. The summed E-state index contributed by atoms with van der Waals surface area (Å²) < 4.78 is 4.59. The fourth-order valence-corrected chi connectivity index (χ4v) is 8.29. The molecule has 3 aromatic heterocycles. The summed E-state index contributed by atoms with van der Waals surface area (Å²) in [6, 6.07) is 54.1. The Morgan fingerprint density at radius 2 is 1.04 bits per heavy atom. The number of rotatable bonds is 3. The highest BCUT2D eigenvalue weighted by Gasteiger charge is 2.22. The molecule has 3 nitrogen and oxygen atoms in total. The van der Waals surface area contributed by atoms with E-state index in [9.17, 15) is 0 Å². The summed E-state index contributed by atoms with van der Waals surface area (Å²) in [6.45, 7) is 0. The minimum absolute atomic E-state index is 0.684. The smallest absolute Gasteiger partial charge is 0.235 e. The number of fused-ring (bicyclic) bond motifs is 10. The molecule has 10 rings (SSSR count). The van der Waals surface area contributed by atoms with Crippen LogP contribution in [0.15, 0.2) is 152 Å². The van der Waals surface area contributed by atoms with Crippen molar-refractivity contribution in [3.63, 3.8) is 0 Å². The lowest BCUT2D eigenvalue weighted by Gasteiger charge is -2.10. The lowest BCUT2D eigenvalue weighted by Crippen LogP contribution is -2.02. The van der Waals surface area contributed by atoms with Gasteiger partial charge in [0.05, 0.1) is 26.9 Å². The molecule has 0 saturated carbocycles. The van der Waals surface area contributed by atoms with E-state index in [4.69, 9.17) is 9.97 Å². The molecule has 0 atom stereocenters. The van der Waals surface area contributed by atoms with Gasteiger partial charge in [0, 0.05) is 26.4 Å². The van der Waals surface area contributed by atoms with Crippen LogP contribution in [0.1, 0.15) is 0 Å². The number of hydrogen-bond donors (Lipinski definition) is 0. The second-order valence-corrected chi connectivity index (χ2v) is 12.8. The second-order valence-electron chi connectivity index (χ2n) is 11.8.